The van der Waals surface area contributed by atoms with Crippen molar-refractivity contribution in [2.75, 3.05) is 18.4 Å². The van der Waals surface area contributed by atoms with E-state index in [2.05, 4.69) is 15.5 Å². The third-order valence-corrected chi connectivity index (χ3v) is 5.60. The second kappa shape index (κ2) is 9.12. The molecule has 2 heterocycles. The van der Waals surface area contributed by atoms with Gasteiger partial charge in [-0.15, -0.1) is 0 Å². The van der Waals surface area contributed by atoms with Gasteiger partial charge in [0, 0.05) is 36.3 Å². The monoisotopic (exact) mass is 418 g/mol. The molecule has 0 radical (unpaired) electrons. The molecule has 0 spiro atoms. The highest BCUT2D eigenvalue weighted by Crippen LogP contribution is 2.29. The van der Waals surface area contributed by atoms with Crippen molar-refractivity contribution in [2.45, 2.75) is 39.0 Å². The minimum Gasteiger partial charge on any atom is -0.339 e. The van der Waals surface area contributed by atoms with Crippen molar-refractivity contribution in [3.63, 3.8) is 0 Å². The summed E-state index contributed by atoms with van der Waals surface area (Å²) in [5, 5.41) is 6.98. The number of likely N-dealkylation sites (tertiary alicyclic amines) is 1. The second-order valence-corrected chi connectivity index (χ2v) is 7.84. The molecule has 31 heavy (non-hydrogen) atoms. The minimum atomic E-state index is -0.0495. The Kier molecular flexibility index (Phi) is 6.11. The third kappa shape index (κ3) is 4.66. The summed E-state index contributed by atoms with van der Waals surface area (Å²) in [5.41, 5.74) is 3.18. The van der Waals surface area contributed by atoms with E-state index in [0.717, 1.165) is 36.1 Å². The van der Waals surface area contributed by atoms with E-state index >= 15 is 0 Å². The number of benzene rings is 2. The molecule has 0 aliphatic carbocycles. The molecule has 4 rings (SSSR count). The van der Waals surface area contributed by atoms with E-state index in [1.165, 1.54) is 0 Å². The molecule has 1 fully saturated rings. The Labute approximate surface area is 181 Å². The summed E-state index contributed by atoms with van der Waals surface area (Å²) in [4.78, 5) is 31.1. The number of rotatable bonds is 5. The largest absolute Gasteiger partial charge is 0.339 e. The molecule has 1 aliphatic heterocycles. The van der Waals surface area contributed by atoms with Crippen LogP contribution in [0.5, 0.6) is 0 Å². The molecular formula is C24H26N4O3. The second-order valence-electron chi connectivity index (χ2n) is 7.84. The number of nitrogens with zero attached hydrogens (tertiary/aromatic N) is 3. The lowest BCUT2D eigenvalue weighted by atomic mass is 9.96. The van der Waals surface area contributed by atoms with Crippen LogP contribution in [0.4, 0.5) is 5.69 Å². The maximum atomic E-state index is 13.0. The molecule has 7 nitrogen and oxygen atoms in total. The fraction of sp³-hybridized carbons (Fsp3) is 0.333. The van der Waals surface area contributed by atoms with Crippen LogP contribution in [0.1, 0.15) is 53.9 Å². The van der Waals surface area contributed by atoms with Crippen molar-refractivity contribution >= 4 is 17.5 Å². The highest BCUT2D eigenvalue weighted by atomic mass is 16.5. The van der Waals surface area contributed by atoms with Crippen molar-refractivity contribution in [3.05, 3.63) is 65.5 Å². The Balaban J connectivity index is 1.49. The Morgan fingerprint density at radius 2 is 2.03 bits per heavy atom. The van der Waals surface area contributed by atoms with Crippen LogP contribution in [0, 0.1) is 6.92 Å². The zero-order valence-electron chi connectivity index (χ0n) is 17.8. The number of aromatic nitrogens is 2. The first kappa shape index (κ1) is 20.8. The average molecular weight is 418 g/mol. The Hall–Kier alpha value is -3.48. The van der Waals surface area contributed by atoms with Gasteiger partial charge in [0.05, 0.1) is 5.92 Å². The van der Waals surface area contributed by atoms with Crippen LogP contribution >= 0.6 is 0 Å². The maximum absolute atomic E-state index is 13.0. The zero-order chi connectivity index (χ0) is 21.8. The van der Waals surface area contributed by atoms with Crippen LogP contribution in [-0.2, 0) is 4.79 Å². The van der Waals surface area contributed by atoms with E-state index < -0.39 is 0 Å². The van der Waals surface area contributed by atoms with E-state index in [1.54, 1.807) is 0 Å². The Bertz CT molecular complexity index is 1090. The molecule has 1 N–H and O–H groups in total. The first-order valence-corrected chi connectivity index (χ1v) is 10.6. The van der Waals surface area contributed by atoms with Gasteiger partial charge in [-0.1, -0.05) is 42.4 Å². The van der Waals surface area contributed by atoms with Gasteiger partial charge in [-0.2, -0.15) is 4.98 Å². The quantitative estimate of drug-likeness (QED) is 0.663. The molecule has 0 bridgehead atoms. The van der Waals surface area contributed by atoms with Crippen molar-refractivity contribution in [2.24, 2.45) is 0 Å². The highest BCUT2D eigenvalue weighted by molar-refractivity contribution is 5.95. The molecule has 3 aromatic rings. The lowest BCUT2D eigenvalue weighted by Gasteiger charge is -2.31. The topological polar surface area (TPSA) is 88.3 Å². The van der Waals surface area contributed by atoms with Crippen molar-refractivity contribution in [1.29, 1.82) is 0 Å². The third-order valence-electron chi connectivity index (χ3n) is 5.60. The van der Waals surface area contributed by atoms with Gasteiger partial charge in [-0.25, -0.2) is 0 Å². The van der Waals surface area contributed by atoms with Crippen LogP contribution < -0.4 is 5.32 Å². The molecule has 0 unspecified atom stereocenters. The van der Waals surface area contributed by atoms with Crippen LogP contribution in [-0.4, -0.2) is 39.9 Å². The molecule has 2 amide bonds. The summed E-state index contributed by atoms with van der Waals surface area (Å²) < 4.78 is 5.57. The first-order valence-electron chi connectivity index (χ1n) is 10.6. The van der Waals surface area contributed by atoms with Gasteiger partial charge in [0.25, 0.3) is 5.91 Å². The molecule has 2 aromatic carbocycles. The van der Waals surface area contributed by atoms with Gasteiger partial charge in [0.1, 0.15) is 0 Å². The fourth-order valence-corrected chi connectivity index (χ4v) is 3.85. The number of hydrogen-bond acceptors (Lipinski definition) is 5. The van der Waals surface area contributed by atoms with Gasteiger partial charge in [0.2, 0.25) is 17.6 Å². The number of nitrogens with one attached hydrogen (secondary N) is 1. The molecular weight excluding hydrogens is 392 g/mol. The van der Waals surface area contributed by atoms with Crippen LogP contribution in [0.15, 0.2) is 53.1 Å². The van der Waals surface area contributed by atoms with Crippen molar-refractivity contribution < 1.29 is 14.1 Å². The number of amides is 2. The summed E-state index contributed by atoms with van der Waals surface area (Å²) in [6, 6.07) is 15.0. The minimum absolute atomic E-state index is 0.00550. The fourth-order valence-electron chi connectivity index (χ4n) is 3.85. The molecule has 160 valence electrons. The average Bonchev–Trinajstić information content (AvgIpc) is 3.30. The maximum Gasteiger partial charge on any atom is 0.254 e. The predicted octanol–water partition coefficient (Wildman–Crippen LogP) is 4.41. The van der Waals surface area contributed by atoms with Gasteiger partial charge in [-0.3, -0.25) is 9.59 Å². The number of carbonyl (C=O) groups is 2. The predicted molar refractivity (Wildman–Crippen MR) is 118 cm³/mol. The molecule has 1 atom stereocenters. The normalized spacial score (nSPS) is 16.2. The number of carbonyl (C=O) groups excluding carboxylic acids is 2. The summed E-state index contributed by atoms with van der Waals surface area (Å²) in [6.45, 7) is 5.04. The van der Waals surface area contributed by atoms with E-state index in [-0.39, 0.29) is 17.7 Å². The van der Waals surface area contributed by atoms with E-state index in [0.29, 0.717) is 30.4 Å². The van der Waals surface area contributed by atoms with E-state index in [4.69, 9.17) is 4.52 Å². The summed E-state index contributed by atoms with van der Waals surface area (Å²) >= 11 is 0. The molecule has 1 saturated heterocycles. The Morgan fingerprint density at radius 3 is 2.84 bits per heavy atom. The zero-order valence-corrected chi connectivity index (χ0v) is 17.8. The van der Waals surface area contributed by atoms with Crippen LogP contribution in [0.3, 0.4) is 0 Å². The van der Waals surface area contributed by atoms with Gasteiger partial charge in [-0.05, 0) is 43.5 Å². The van der Waals surface area contributed by atoms with Gasteiger partial charge < -0.3 is 14.7 Å². The molecule has 1 aromatic heterocycles. The lowest BCUT2D eigenvalue weighted by molar-refractivity contribution is -0.115. The van der Waals surface area contributed by atoms with Gasteiger partial charge in [0.15, 0.2) is 0 Å². The van der Waals surface area contributed by atoms with E-state index in [1.807, 2.05) is 67.3 Å². The SMILES string of the molecule is CCC(=O)Nc1cccc(-c2noc([C@@H]3CCCN(C(=O)c4ccccc4C)C3)n2)c1. The lowest BCUT2D eigenvalue weighted by Crippen LogP contribution is -2.39. The standard InChI is InChI=1S/C24H26N4O3/c1-3-21(29)25-19-11-6-9-17(14-19)22-26-23(31-27-22)18-10-7-13-28(15-18)24(30)20-12-5-4-8-16(20)2/h4-6,8-9,11-12,14,18H,3,7,10,13,15H2,1-2H3,(H,25,29)/t18-/m1/s1. The number of anilines is 1. The smallest absolute Gasteiger partial charge is 0.254 e. The van der Waals surface area contributed by atoms with Crippen LogP contribution in [0.25, 0.3) is 11.4 Å². The van der Waals surface area contributed by atoms with Gasteiger partial charge >= 0.3 is 0 Å². The number of piperidine rings is 1. The molecule has 7 heteroatoms. The molecule has 1 aliphatic rings. The number of aryl methyl sites for hydroxylation is 1. The van der Waals surface area contributed by atoms with Crippen LogP contribution in [0.2, 0.25) is 0 Å². The molecule has 0 saturated carbocycles. The summed E-state index contributed by atoms with van der Waals surface area (Å²) in [7, 11) is 0. The highest BCUT2D eigenvalue weighted by Gasteiger charge is 2.29. The number of hydrogen-bond donors (Lipinski definition) is 1. The first-order chi connectivity index (χ1) is 15.0. The summed E-state index contributed by atoms with van der Waals surface area (Å²) in [6.07, 6.45) is 2.19. The Morgan fingerprint density at radius 1 is 1.19 bits per heavy atom. The van der Waals surface area contributed by atoms with E-state index in [9.17, 15) is 9.59 Å². The summed E-state index contributed by atoms with van der Waals surface area (Å²) in [5.74, 6) is 1.02. The van der Waals surface area contributed by atoms with Crippen molar-refractivity contribution in [3.8, 4) is 11.4 Å². The van der Waals surface area contributed by atoms with Crippen molar-refractivity contribution in [1.82, 2.24) is 15.0 Å².